The number of carboxylic acid groups (broad SMARTS) is 1. The van der Waals surface area contributed by atoms with Crippen LogP contribution in [0.3, 0.4) is 0 Å². The van der Waals surface area contributed by atoms with E-state index >= 15 is 0 Å². The molecule has 18 heavy (non-hydrogen) atoms. The fourth-order valence-corrected chi connectivity index (χ4v) is 1.82. The average Bonchev–Trinajstić information content (AvgIpc) is 2.36. The Labute approximate surface area is 106 Å². The zero-order valence-corrected chi connectivity index (χ0v) is 10.5. The minimum Gasteiger partial charge on any atom is -0.478 e. The fraction of sp³-hybridized carbons (Fsp3) is 0.133. The molecule has 1 N–H and O–H groups in total. The molecule has 2 rings (SSSR count). The molecule has 2 aromatic carbocycles. The molecule has 3 heteroatoms. The number of aliphatic carboxylic acids is 1. The van der Waals surface area contributed by atoms with Crippen LogP contribution < -0.4 is 4.90 Å². The first kappa shape index (κ1) is 12.2. The standard InChI is InChI=1S/C15H15NO2/c1-10(15(17)18)11-4-5-13-9-14(16(2)3)7-6-12(13)8-11/h4-9H,1H2,2-3H3,(H,17,18). The zero-order valence-electron chi connectivity index (χ0n) is 10.5. The second-order valence-electron chi connectivity index (χ2n) is 4.42. The summed E-state index contributed by atoms with van der Waals surface area (Å²) >= 11 is 0. The van der Waals surface area contributed by atoms with Crippen LogP contribution in [0.1, 0.15) is 5.56 Å². The zero-order chi connectivity index (χ0) is 13.3. The van der Waals surface area contributed by atoms with E-state index in [1.54, 1.807) is 6.07 Å². The van der Waals surface area contributed by atoms with Crippen LogP contribution in [0.2, 0.25) is 0 Å². The van der Waals surface area contributed by atoms with E-state index < -0.39 is 5.97 Å². The third-order valence-corrected chi connectivity index (χ3v) is 2.95. The number of carbonyl (C=O) groups is 1. The molecule has 0 heterocycles. The van der Waals surface area contributed by atoms with E-state index in [0.29, 0.717) is 5.56 Å². The highest BCUT2D eigenvalue weighted by Crippen LogP contribution is 2.24. The number of carboxylic acids is 1. The maximum absolute atomic E-state index is 10.9. The Morgan fingerprint density at radius 2 is 1.72 bits per heavy atom. The molecule has 0 unspecified atom stereocenters. The van der Waals surface area contributed by atoms with E-state index in [-0.39, 0.29) is 5.57 Å². The van der Waals surface area contributed by atoms with Gasteiger partial charge in [-0.25, -0.2) is 4.79 Å². The minimum atomic E-state index is -0.987. The molecular weight excluding hydrogens is 226 g/mol. The first-order chi connectivity index (χ1) is 8.49. The molecule has 3 nitrogen and oxygen atoms in total. The molecule has 92 valence electrons. The summed E-state index contributed by atoms with van der Waals surface area (Å²) in [5, 5.41) is 11.0. The monoisotopic (exact) mass is 241 g/mol. The van der Waals surface area contributed by atoms with Crippen LogP contribution in [0.25, 0.3) is 16.3 Å². The van der Waals surface area contributed by atoms with E-state index in [2.05, 4.69) is 12.6 Å². The van der Waals surface area contributed by atoms with Crippen molar-refractivity contribution >= 4 is 28.0 Å². The molecule has 0 saturated carbocycles. The maximum atomic E-state index is 10.9. The van der Waals surface area contributed by atoms with Crippen LogP contribution >= 0.6 is 0 Å². The van der Waals surface area contributed by atoms with Gasteiger partial charge in [-0.1, -0.05) is 24.8 Å². The van der Waals surface area contributed by atoms with Crippen molar-refractivity contribution in [2.24, 2.45) is 0 Å². The van der Waals surface area contributed by atoms with Crippen molar-refractivity contribution in [2.45, 2.75) is 0 Å². The first-order valence-electron chi connectivity index (χ1n) is 5.63. The smallest absolute Gasteiger partial charge is 0.335 e. The fourth-order valence-electron chi connectivity index (χ4n) is 1.82. The average molecular weight is 241 g/mol. The van der Waals surface area contributed by atoms with E-state index in [0.717, 1.165) is 16.5 Å². The second kappa shape index (κ2) is 4.53. The summed E-state index contributed by atoms with van der Waals surface area (Å²) in [5.41, 5.74) is 1.88. The highest BCUT2D eigenvalue weighted by Gasteiger charge is 2.08. The summed E-state index contributed by atoms with van der Waals surface area (Å²) in [6, 6.07) is 11.6. The third kappa shape index (κ3) is 2.20. The number of hydrogen-bond donors (Lipinski definition) is 1. The quantitative estimate of drug-likeness (QED) is 0.840. The lowest BCUT2D eigenvalue weighted by Crippen LogP contribution is -2.08. The molecule has 0 fully saturated rings. The predicted octanol–water partition coefficient (Wildman–Crippen LogP) is 3.00. The Morgan fingerprint density at radius 3 is 2.33 bits per heavy atom. The molecule has 0 aliphatic rings. The van der Waals surface area contributed by atoms with E-state index in [9.17, 15) is 4.79 Å². The van der Waals surface area contributed by atoms with Crippen molar-refractivity contribution in [3.05, 3.63) is 48.5 Å². The van der Waals surface area contributed by atoms with Crippen molar-refractivity contribution < 1.29 is 9.90 Å². The largest absolute Gasteiger partial charge is 0.478 e. The number of anilines is 1. The topological polar surface area (TPSA) is 40.5 Å². The molecule has 0 bridgehead atoms. The third-order valence-electron chi connectivity index (χ3n) is 2.95. The predicted molar refractivity (Wildman–Crippen MR) is 74.9 cm³/mol. The Morgan fingerprint density at radius 1 is 1.11 bits per heavy atom. The van der Waals surface area contributed by atoms with Gasteiger partial charge in [0.1, 0.15) is 0 Å². The van der Waals surface area contributed by atoms with E-state index in [1.165, 1.54) is 0 Å². The van der Waals surface area contributed by atoms with Gasteiger partial charge in [0, 0.05) is 19.8 Å². The van der Waals surface area contributed by atoms with E-state index in [4.69, 9.17) is 5.11 Å². The molecule has 0 radical (unpaired) electrons. The normalized spacial score (nSPS) is 10.3. The molecule has 0 aliphatic heterocycles. The summed E-state index contributed by atoms with van der Waals surface area (Å²) in [5.74, 6) is -0.987. The first-order valence-corrected chi connectivity index (χ1v) is 5.63. The lowest BCUT2D eigenvalue weighted by atomic mass is 10.0. The van der Waals surface area contributed by atoms with Gasteiger partial charge < -0.3 is 10.0 Å². The molecule has 0 saturated heterocycles. The van der Waals surface area contributed by atoms with Crippen LogP contribution in [0.5, 0.6) is 0 Å². The summed E-state index contributed by atoms with van der Waals surface area (Å²) in [4.78, 5) is 12.9. The summed E-state index contributed by atoms with van der Waals surface area (Å²) in [6.07, 6.45) is 0. The Bertz CT molecular complexity index is 629. The molecule has 2 aromatic rings. The van der Waals surface area contributed by atoms with Crippen LogP contribution in [-0.2, 0) is 4.79 Å². The Balaban J connectivity index is 2.51. The molecule has 0 amide bonds. The van der Waals surface area contributed by atoms with E-state index in [1.807, 2.05) is 43.3 Å². The lowest BCUT2D eigenvalue weighted by molar-refractivity contribution is -0.130. The van der Waals surface area contributed by atoms with Gasteiger partial charge in [0.2, 0.25) is 0 Å². The van der Waals surface area contributed by atoms with Crippen LogP contribution in [0, 0.1) is 0 Å². The summed E-state index contributed by atoms with van der Waals surface area (Å²) < 4.78 is 0. The molecule has 0 atom stereocenters. The van der Waals surface area contributed by atoms with Gasteiger partial charge in [0.25, 0.3) is 0 Å². The van der Waals surface area contributed by atoms with Crippen molar-refractivity contribution in [2.75, 3.05) is 19.0 Å². The van der Waals surface area contributed by atoms with Gasteiger partial charge in [-0.2, -0.15) is 0 Å². The van der Waals surface area contributed by atoms with Gasteiger partial charge in [-0.05, 0) is 34.5 Å². The van der Waals surface area contributed by atoms with Gasteiger partial charge in [-0.15, -0.1) is 0 Å². The maximum Gasteiger partial charge on any atom is 0.335 e. The lowest BCUT2D eigenvalue weighted by Gasteiger charge is -2.13. The molecule has 0 aliphatic carbocycles. The second-order valence-corrected chi connectivity index (χ2v) is 4.42. The summed E-state index contributed by atoms with van der Waals surface area (Å²) in [7, 11) is 3.98. The minimum absolute atomic E-state index is 0.119. The number of nitrogens with zero attached hydrogens (tertiary/aromatic N) is 1. The van der Waals surface area contributed by atoms with Crippen molar-refractivity contribution in [3.63, 3.8) is 0 Å². The van der Waals surface area contributed by atoms with Gasteiger partial charge >= 0.3 is 5.97 Å². The SMILES string of the molecule is C=C(C(=O)O)c1ccc2cc(N(C)C)ccc2c1. The van der Waals surface area contributed by atoms with Crippen LogP contribution in [0.4, 0.5) is 5.69 Å². The highest BCUT2D eigenvalue weighted by molar-refractivity contribution is 6.15. The van der Waals surface area contributed by atoms with Crippen molar-refractivity contribution in [1.29, 1.82) is 0 Å². The van der Waals surface area contributed by atoms with Crippen LogP contribution in [0.15, 0.2) is 43.0 Å². The summed E-state index contributed by atoms with van der Waals surface area (Å²) in [6.45, 7) is 3.57. The van der Waals surface area contributed by atoms with Gasteiger partial charge in [-0.3, -0.25) is 0 Å². The number of rotatable bonds is 3. The van der Waals surface area contributed by atoms with Crippen molar-refractivity contribution in [3.8, 4) is 0 Å². The number of fused-ring (bicyclic) bond motifs is 1. The molecule has 0 spiro atoms. The Hall–Kier alpha value is -2.29. The van der Waals surface area contributed by atoms with Gasteiger partial charge in [0.05, 0.1) is 5.57 Å². The van der Waals surface area contributed by atoms with Crippen LogP contribution in [-0.4, -0.2) is 25.2 Å². The number of hydrogen-bond acceptors (Lipinski definition) is 2. The molecule has 0 aromatic heterocycles. The van der Waals surface area contributed by atoms with Gasteiger partial charge in [0.15, 0.2) is 0 Å². The molecular formula is C15H15NO2. The van der Waals surface area contributed by atoms with Crippen molar-refractivity contribution in [1.82, 2.24) is 0 Å². The Kier molecular flexibility index (Phi) is 3.06. The highest BCUT2D eigenvalue weighted by atomic mass is 16.4. The number of benzene rings is 2.